The normalized spacial score (nSPS) is 12.4. The van der Waals surface area contributed by atoms with Gasteiger partial charge in [0.15, 0.2) is 0 Å². The van der Waals surface area contributed by atoms with Crippen molar-refractivity contribution in [2.75, 3.05) is 6.54 Å². The Morgan fingerprint density at radius 3 is 3.08 bits per heavy atom. The van der Waals surface area contributed by atoms with Crippen molar-refractivity contribution in [3.05, 3.63) is 18.0 Å². The van der Waals surface area contributed by atoms with Crippen LogP contribution in [-0.4, -0.2) is 16.3 Å². The number of rotatable bonds is 4. The fourth-order valence-corrected chi connectivity index (χ4v) is 1.27. The molecular weight excluding hydrogens is 162 g/mol. The molecule has 3 nitrogen and oxygen atoms in total. The Bertz CT molecular complexity index is 295. The number of aromatic nitrogens is 2. The molecule has 3 heteroatoms. The van der Waals surface area contributed by atoms with Gasteiger partial charge >= 0.3 is 0 Å². The van der Waals surface area contributed by atoms with Crippen LogP contribution in [0.15, 0.2) is 12.3 Å². The van der Waals surface area contributed by atoms with Crippen LogP contribution in [0.5, 0.6) is 0 Å². The predicted octanol–water partition coefficient (Wildman–Crippen LogP) is 1.09. The molecule has 0 spiro atoms. The zero-order chi connectivity index (χ0) is 9.68. The third-order valence-corrected chi connectivity index (χ3v) is 2.02. The smallest absolute Gasteiger partial charge is 0.0547 e. The van der Waals surface area contributed by atoms with Crippen molar-refractivity contribution in [3.8, 4) is 12.3 Å². The lowest BCUT2D eigenvalue weighted by Crippen LogP contribution is -2.21. The Balaban J connectivity index is 2.45. The van der Waals surface area contributed by atoms with Crippen molar-refractivity contribution in [2.45, 2.75) is 19.4 Å². The molecule has 1 aromatic rings. The lowest BCUT2D eigenvalue weighted by atomic mass is 10.2. The van der Waals surface area contributed by atoms with E-state index in [0.29, 0.717) is 6.04 Å². The average Bonchev–Trinajstić information content (AvgIpc) is 2.52. The Morgan fingerprint density at radius 2 is 2.54 bits per heavy atom. The van der Waals surface area contributed by atoms with Gasteiger partial charge in [0.1, 0.15) is 0 Å². The summed E-state index contributed by atoms with van der Waals surface area (Å²) in [4.78, 5) is 0. The second-order valence-corrected chi connectivity index (χ2v) is 3.01. The van der Waals surface area contributed by atoms with Crippen LogP contribution < -0.4 is 5.32 Å². The summed E-state index contributed by atoms with van der Waals surface area (Å²) in [5, 5.41) is 7.43. The summed E-state index contributed by atoms with van der Waals surface area (Å²) < 4.78 is 1.87. The van der Waals surface area contributed by atoms with Crippen LogP contribution in [0.2, 0.25) is 0 Å². The number of hydrogen-bond acceptors (Lipinski definition) is 2. The highest BCUT2D eigenvalue weighted by Crippen LogP contribution is 2.09. The van der Waals surface area contributed by atoms with Gasteiger partial charge in [0.2, 0.25) is 0 Å². The molecule has 1 rings (SSSR count). The van der Waals surface area contributed by atoms with Gasteiger partial charge in [0.25, 0.3) is 0 Å². The highest BCUT2D eigenvalue weighted by atomic mass is 15.3. The first-order valence-corrected chi connectivity index (χ1v) is 4.40. The number of aryl methyl sites for hydroxylation is 1. The molecule has 0 saturated heterocycles. The highest BCUT2D eigenvalue weighted by Gasteiger charge is 2.06. The number of hydrogen-bond donors (Lipinski definition) is 1. The van der Waals surface area contributed by atoms with Crippen LogP contribution in [0.1, 0.15) is 25.1 Å². The van der Waals surface area contributed by atoms with Crippen molar-refractivity contribution in [1.29, 1.82) is 0 Å². The van der Waals surface area contributed by atoms with E-state index in [2.05, 4.69) is 23.3 Å². The zero-order valence-electron chi connectivity index (χ0n) is 8.12. The molecule has 1 N–H and O–H groups in total. The second-order valence-electron chi connectivity index (χ2n) is 3.01. The van der Waals surface area contributed by atoms with Crippen LogP contribution >= 0.6 is 0 Å². The molecule has 0 aliphatic heterocycles. The summed E-state index contributed by atoms with van der Waals surface area (Å²) in [5.41, 5.74) is 1.18. The molecule has 0 aromatic carbocycles. The van der Waals surface area contributed by atoms with E-state index in [1.807, 2.05) is 17.8 Å². The maximum atomic E-state index is 5.16. The predicted molar refractivity (Wildman–Crippen MR) is 53.1 cm³/mol. The molecular formula is C10H15N3. The highest BCUT2D eigenvalue weighted by molar-refractivity contribution is 5.05. The minimum Gasteiger partial charge on any atom is -0.308 e. The van der Waals surface area contributed by atoms with Crippen molar-refractivity contribution >= 4 is 0 Å². The lowest BCUT2D eigenvalue weighted by Gasteiger charge is -2.12. The van der Waals surface area contributed by atoms with Gasteiger partial charge < -0.3 is 5.32 Å². The second kappa shape index (κ2) is 4.68. The topological polar surface area (TPSA) is 29.9 Å². The van der Waals surface area contributed by atoms with Crippen molar-refractivity contribution in [3.63, 3.8) is 0 Å². The third kappa shape index (κ3) is 2.60. The molecule has 0 aliphatic rings. The average molecular weight is 177 g/mol. The number of nitrogens with zero attached hydrogens (tertiary/aromatic N) is 2. The molecule has 0 aliphatic carbocycles. The van der Waals surface area contributed by atoms with Crippen molar-refractivity contribution in [2.24, 2.45) is 7.05 Å². The van der Waals surface area contributed by atoms with E-state index in [1.54, 1.807) is 6.20 Å². The monoisotopic (exact) mass is 177 g/mol. The minimum atomic E-state index is 0.306. The molecule has 1 aromatic heterocycles. The molecule has 0 radical (unpaired) electrons. The van der Waals surface area contributed by atoms with E-state index in [0.717, 1.165) is 13.0 Å². The molecule has 1 heterocycles. The van der Waals surface area contributed by atoms with Gasteiger partial charge in [-0.05, 0) is 13.0 Å². The standard InChI is InChI=1S/C10H15N3/c1-4-5-7-11-9(2)10-6-8-12-13(10)3/h1,6,8-9,11H,5,7H2,2-3H3. The molecule has 0 fully saturated rings. The van der Waals surface area contributed by atoms with Crippen molar-refractivity contribution < 1.29 is 0 Å². The minimum absolute atomic E-state index is 0.306. The summed E-state index contributed by atoms with van der Waals surface area (Å²) in [7, 11) is 1.94. The van der Waals surface area contributed by atoms with Gasteiger partial charge in [-0.15, -0.1) is 12.3 Å². The Morgan fingerprint density at radius 1 is 1.77 bits per heavy atom. The van der Waals surface area contributed by atoms with E-state index in [4.69, 9.17) is 6.42 Å². The maximum absolute atomic E-state index is 5.16. The molecule has 1 atom stereocenters. The molecule has 70 valence electrons. The fourth-order valence-electron chi connectivity index (χ4n) is 1.27. The van der Waals surface area contributed by atoms with Crippen molar-refractivity contribution in [1.82, 2.24) is 15.1 Å². The molecule has 0 saturated carbocycles. The first kappa shape index (κ1) is 9.82. The molecule has 13 heavy (non-hydrogen) atoms. The SMILES string of the molecule is C#CCCNC(C)c1ccnn1C. The van der Waals surface area contributed by atoms with Crippen LogP contribution in [0.3, 0.4) is 0 Å². The number of terminal acetylenes is 1. The molecule has 1 unspecified atom stereocenters. The summed E-state index contributed by atoms with van der Waals surface area (Å²) in [6.07, 6.45) is 7.72. The zero-order valence-corrected chi connectivity index (χ0v) is 8.12. The van der Waals surface area contributed by atoms with Gasteiger partial charge in [0, 0.05) is 32.3 Å². The third-order valence-electron chi connectivity index (χ3n) is 2.02. The Hall–Kier alpha value is -1.27. The largest absolute Gasteiger partial charge is 0.308 e. The van der Waals surface area contributed by atoms with Crippen LogP contribution in [0.4, 0.5) is 0 Å². The maximum Gasteiger partial charge on any atom is 0.0547 e. The van der Waals surface area contributed by atoms with E-state index in [1.165, 1.54) is 5.69 Å². The van der Waals surface area contributed by atoms with E-state index >= 15 is 0 Å². The van der Waals surface area contributed by atoms with E-state index in [9.17, 15) is 0 Å². The molecule has 0 bridgehead atoms. The van der Waals surface area contributed by atoms with Gasteiger partial charge in [-0.25, -0.2) is 0 Å². The summed E-state index contributed by atoms with van der Waals surface area (Å²) in [6, 6.07) is 2.31. The first-order valence-electron chi connectivity index (χ1n) is 4.40. The number of nitrogens with one attached hydrogen (secondary N) is 1. The first-order chi connectivity index (χ1) is 6.25. The van der Waals surface area contributed by atoms with Gasteiger partial charge in [0.05, 0.1) is 5.69 Å². The van der Waals surface area contributed by atoms with Gasteiger partial charge in [-0.3, -0.25) is 4.68 Å². The summed E-state index contributed by atoms with van der Waals surface area (Å²) >= 11 is 0. The Kier molecular flexibility index (Phi) is 3.53. The van der Waals surface area contributed by atoms with Gasteiger partial charge in [-0.2, -0.15) is 5.10 Å². The Labute approximate surface area is 79.1 Å². The molecule has 0 amide bonds. The van der Waals surface area contributed by atoms with Crippen LogP contribution in [0.25, 0.3) is 0 Å². The summed E-state index contributed by atoms with van der Waals surface area (Å²) in [6.45, 7) is 2.95. The van der Waals surface area contributed by atoms with E-state index in [-0.39, 0.29) is 0 Å². The fraction of sp³-hybridized carbons (Fsp3) is 0.500. The lowest BCUT2D eigenvalue weighted by molar-refractivity contribution is 0.537. The quantitative estimate of drug-likeness (QED) is 0.551. The van der Waals surface area contributed by atoms with Crippen LogP contribution in [-0.2, 0) is 7.05 Å². The summed E-state index contributed by atoms with van der Waals surface area (Å²) in [5.74, 6) is 2.60. The van der Waals surface area contributed by atoms with E-state index < -0.39 is 0 Å². The van der Waals surface area contributed by atoms with Crippen LogP contribution in [0, 0.1) is 12.3 Å². The van der Waals surface area contributed by atoms with Gasteiger partial charge in [-0.1, -0.05) is 0 Å².